The first kappa shape index (κ1) is 16.0. The zero-order valence-electron chi connectivity index (χ0n) is 14.3. The molecular formula is C18H21N5O. The van der Waals surface area contributed by atoms with E-state index in [1.54, 1.807) is 24.0 Å². The molecule has 0 radical (unpaired) electrons. The van der Waals surface area contributed by atoms with Gasteiger partial charge >= 0.3 is 0 Å². The molecule has 0 aliphatic carbocycles. The first-order valence-corrected chi connectivity index (χ1v) is 7.90. The zero-order chi connectivity index (χ0) is 17.3. The van der Waals surface area contributed by atoms with Gasteiger partial charge in [-0.3, -0.25) is 4.79 Å². The van der Waals surface area contributed by atoms with E-state index in [2.05, 4.69) is 20.6 Å². The van der Waals surface area contributed by atoms with E-state index in [1.165, 1.54) is 0 Å². The largest absolute Gasteiger partial charge is 0.367 e. The molecule has 6 heteroatoms. The van der Waals surface area contributed by atoms with E-state index in [9.17, 15) is 4.79 Å². The van der Waals surface area contributed by atoms with Gasteiger partial charge in [-0.2, -0.15) is 0 Å². The molecule has 3 aromatic heterocycles. The molecule has 0 spiro atoms. The predicted octanol–water partition coefficient (Wildman–Crippen LogP) is 3.20. The Kier molecular flexibility index (Phi) is 4.20. The molecule has 0 aromatic carbocycles. The fourth-order valence-corrected chi connectivity index (χ4v) is 2.53. The molecule has 0 atom stereocenters. The van der Waals surface area contributed by atoms with Crippen molar-refractivity contribution in [2.75, 3.05) is 10.6 Å². The van der Waals surface area contributed by atoms with Crippen molar-refractivity contribution in [1.29, 1.82) is 0 Å². The van der Waals surface area contributed by atoms with E-state index in [1.807, 2.05) is 45.0 Å². The molecule has 3 heterocycles. The van der Waals surface area contributed by atoms with E-state index in [0.29, 0.717) is 17.0 Å². The lowest BCUT2D eigenvalue weighted by Crippen LogP contribution is -2.20. The van der Waals surface area contributed by atoms with Crippen molar-refractivity contribution in [3.05, 3.63) is 52.6 Å². The van der Waals surface area contributed by atoms with Crippen LogP contribution in [0.4, 0.5) is 17.5 Å². The standard InChI is InChI=1S/C18H21N5O/c1-11(2)20-17-16-13(6-8-23(4)18(16)24)10-15(22-17)21-14-9-12(3)5-7-19-14/h5-11H,1-4H3,(H2,19,20,21,22). The summed E-state index contributed by atoms with van der Waals surface area (Å²) in [6.45, 7) is 6.04. The fraction of sp³-hybridized carbons (Fsp3) is 0.278. The van der Waals surface area contributed by atoms with Crippen LogP contribution in [0.5, 0.6) is 0 Å². The smallest absolute Gasteiger partial charge is 0.261 e. The van der Waals surface area contributed by atoms with E-state index in [4.69, 9.17) is 0 Å². The molecular weight excluding hydrogens is 302 g/mol. The Morgan fingerprint density at radius 2 is 1.96 bits per heavy atom. The van der Waals surface area contributed by atoms with Gasteiger partial charge in [0, 0.05) is 25.5 Å². The summed E-state index contributed by atoms with van der Waals surface area (Å²) in [6.07, 6.45) is 3.51. The molecule has 0 bridgehead atoms. The molecule has 0 aliphatic heterocycles. The van der Waals surface area contributed by atoms with E-state index in [0.717, 1.165) is 16.8 Å². The van der Waals surface area contributed by atoms with Gasteiger partial charge in [-0.15, -0.1) is 0 Å². The maximum absolute atomic E-state index is 12.5. The SMILES string of the molecule is Cc1ccnc(Nc2cc3ccn(C)c(=O)c3c(NC(C)C)n2)c1. The minimum atomic E-state index is -0.0663. The second-order valence-corrected chi connectivity index (χ2v) is 6.19. The highest BCUT2D eigenvalue weighted by atomic mass is 16.1. The Balaban J connectivity index is 2.13. The Bertz CT molecular complexity index is 946. The summed E-state index contributed by atoms with van der Waals surface area (Å²) < 4.78 is 1.56. The number of aromatic nitrogens is 3. The summed E-state index contributed by atoms with van der Waals surface area (Å²) in [7, 11) is 1.74. The third kappa shape index (κ3) is 3.22. The summed E-state index contributed by atoms with van der Waals surface area (Å²) in [5, 5.41) is 7.92. The van der Waals surface area contributed by atoms with Crippen LogP contribution >= 0.6 is 0 Å². The molecule has 3 aromatic rings. The number of fused-ring (bicyclic) bond motifs is 1. The van der Waals surface area contributed by atoms with Crippen LogP contribution < -0.4 is 16.2 Å². The molecule has 0 saturated heterocycles. The van der Waals surface area contributed by atoms with Crippen molar-refractivity contribution in [2.24, 2.45) is 7.05 Å². The lowest BCUT2D eigenvalue weighted by atomic mass is 10.2. The van der Waals surface area contributed by atoms with Crippen molar-refractivity contribution < 1.29 is 0 Å². The van der Waals surface area contributed by atoms with Gasteiger partial charge in [0.25, 0.3) is 5.56 Å². The number of nitrogens with one attached hydrogen (secondary N) is 2. The summed E-state index contributed by atoms with van der Waals surface area (Å²) in [5.41, 5.74) is 1.05. The van der Waals surface area contributed by atoms with E-state index in [-0.39, 0.29) is 11.6 Å². The highest BCUT2D eigenvalue weighted by Gasteiger charge is 2.12. The maximum Gasteiger partial charge on any atom is 0.261 e. The van der Waals surface area contributed by atoms with Crippen LogP contribution in [0, 0.1) is 6.92 Å². The molecule has 0 fully saturated rings. The summed E-state index contributed by atoms with van der Waals surface area (Å²) >= 11 is 0. The van der Waals surface area contributed by atoms with Crippen LogP contribution in [-0.4, -0.2) is 20.6 Å². The molecule has 0 aliphatic rings. The van der Waals surface area contributed by atoms with Gasteiger partial charge in [0.05, 0.1) is 5.39 Å². The molecule has 0 unspecified atom stereocenters. The Labute approximate surface area is 140 Å². The van der Waals surface area contributed by atoms with Gasteiger partial charge in [0.15, 0.2) is 0 Å². The molecule has 3 rings (SSSR count). The Morgan fingerprint density at radius 3 is 2.67 bits per heavy atom. The third-order valence-electron chi connectivity index (χ3n) is 3.66. The first-order chi connectivity index (χ1) is 11.4. The lowest BCUT2D eigenvalue weighted by molar-refractivity contribution is 0.866. The van der Waals surface area contributed by atoms with Crippen molar-refractivity contribution in [3.63, 3.8) is 0 Å². The molecule has 124 valence electrons. The number of rotatable bonds is 4. The Morgan fingerprint density at radius 1 is 1.17 bits per heavy atom. The highest BCUT2D eigenvalue weighted by Crippen LogP contribution is 2.24. The van der Waals surface area contributed by atoms with Gasteiger partial charge in [-0.25, -0.2) is 9.97 Å². The monoisotopic (exact) mass is 323 g/mol. The minimum Gasteiger partial charge on any atom is -0.367 e. The molecule has 24 heavy (non-hydrogen) atoms. The van der Waals surface area contributed by atoms with Crippen LogP contribution in [0.1, 0.15) is 19.4 Å². The van der Waals surface area contributed by atoms with Crippen molar-refractivity contribution >= 4 is 28.2 Å². The van der Waals surface area contributed by atoms with Crippen LogP contribution in [0.15, 0.2) is 41.5 Å². The van der Waals surface area contributed by atoms with Crippen LogP contribution in [-0.2, 0) is 7.05 Å². The number of aryl methyl sites for hydroxylation is 2. The van der Waals surface area contributed by atoms with Gasteiger partial charge in [-0.1, -0.05) is 0 Å². The summed E-state index contributed by atoms with van der Waals surface area (Å²) in [6, 6.07) is 7.84. The molecule has 6 nitrogen and oxygen atoms in total. The molecule has 0 saturated carbocycles. The molecule has 2 N–H and O–H groups in total. The normalized spacial score (nSPS) is 11.0. The number of hydrogen-bond acceptors (Lipinski definition) is 5. The topological polar surface area (TPSA) is 71.8 Å². The average Bonchev–Trinajstić information content (AvgIpc) is 2.50. The number of pyridine rings is 3. The zero-order valence-corrected chi connectivity index (χ0v) is 14.3. The highest BCUT2D eigenvalue weighted by molar-refractivity contribution is 5.93. The second kappa shape index (κ2) is 6.31. The second-order valence-electron chi connectivity index (χ2n) is 6.19. The van der Waals surface area contributed by atoms with Crippen LogP contribution in [0.3, 0.4) is 0 Å². The number of hydrogen-bond donors (Lipinski definition) is 2. The van der Waals surface area contributed by atoms with Crippen molar-refractivity contribution in [3.8, 4) is 0 Å². The van der Waals surface area contributed by atoms with Crippen LogP contribution in [0.25, 0.3) is 10.8 Å². The Hall–Kier alpha value is -2.89. The van der Waals surface area contributed by atoms with Crippen molar-refractivity contribution in [2.45, 2.75) is 26.8 Å². The van der Waals surface area contributed by atoms with Crippen molar-refractivity contribution in [1.82, 2.24) is 14.5 Å². The number of nitrogens with zero attached hydrogens (tertiary/aromatic N) is 3. The number of anilines is 3. The van der Waals surface area contributed by atoms with Crippen LogP contribution in [0.2, 0.25) is 0 Å². The first-order valence-electron chi connectivity index (χ1n) is 7.90. The average molecular weight is 323 g/mol. The van der Waals surface area contributed by atoms with Gasteiger partial charge in [0.2, 0.25) is 0 Å². The lowest BCUT2D eigenvalue weighted by Gasteiger charge is -2.14. The van der Waals surface area contributed by atoms with Gasteiger partial charge in [-0.05, 0) is 56.0 Å². The van der Waals surface area contributed by atoms with Gasteiger partial charge < -0.3 is 15.2 Å². The fourth-order valence-electron chi connectivity index (χ4n) is 2.53. The van der Waals surface area contributed by atoms with E-state index < -0.39 is 0 Å². The minimum absolute atomic E-state index is 0.0663. The summed E-state index contributed by atoms with van der Waals surface area (Å²) in [4.78, 5) is 21.4. The van der Waals surface area contributed by atoms with Gasteiger partial charge in [0.1, 0.15) is 17.5 Å². The molecule has 0 amide bonds. The third-order valence-corrected chi connectivity index (χ3v) is 3.66. The maximum atomic E-state index is 12.5. The quantitative estimate of drug-likeness (QED) is 0.771. The van der Waals surface area contributed by atoms with E-state index >= 15 is 0 Å². The summed E-state index contributed by atoms with van der Waals surface area (Å²) in [5.74, 6) is 1.96. The predicted molar refractivity (Wildman–Crippen MR) is 98.0 cm³/mol.